The topological polar surface area (TPSA) is 53.1 Å². The van der Waals surface area contributed by atoms with Crippen LogP contribution in [0.1, 0.15) is 70.8 Å². The Bertz CT molecular complexity index is 757. The number of hydrogen-bond acceptors (Lipinski definition) is 4. The minimum absolute atomic E-state index is 0.225. The average Bonchev–Trinajstić information content (AvgIpc) is 2.86. The largest absolute Gasteiger partial charge is 0.496 e. The number of methoxy groups -OCH3 is 1. The van der Waals surface area contributed by atoms with Gasteiger partial charge in [-0.25, -0.2) is 0 Å². The fourth-order valence-corrected chi connectivity index (χ4v) is 4.28. The van der Waals surface area contributed by atoms with Gasteiger partial charge in [-0.2, -0.15) is 0 Å². The second-order valence-electron chi connectivity index (χ2n) is 9.12. The monoisotopic (exact) mass is 471 g/mol. The number of carbonyl (C=O) groups excluding carboxylic acids is 2. The first-order chi connectivity index (χ1) is 16.6. The Morgan fingerprint density at radius 3 is 2.32 bits per heavy atom. The van der Waals surface area contributed by atoms with Crippen molar-refractivity contribution in [2.24, 2.45) is 0 Å². The molecule has 0 atom stereocenters. The van der Waals surface area contributed by atoms with E-state index in [2.05, 4.69) is 24.8 Å². The molecule has 0 unspecified atom stereocenters. The van der Waals surface area contributed by atoms with Crippen molar-refractivity contribution in [2.45, 2.75) is 65.2 Å². The predicted octanol–water partition coefficient (Wildman–Crippen LogP) is 4.84. The summed E-state index contributed by atoms with van der Waals surface area (Å²) in [5, 5.41) is 0. The van der Waals surface area contributed by atoms with Crippen molar-refractivity contribution in [1.29, 1.82) is 0 Å². The van der Waals surface area contributed by atoms with E-state index in [1.807, 2.05) is 40.1 Å². The summed E-state index contributed by atoms with van der Waals surface area (Å²) in [7, 11) is 1.68. The number of ether oxygens (including phenoxy) is 1. The first-order valence-corrected chi connectivity index (χ1v) is 13.2. The number of rotatable bonds is 15. The molecule has 1 aromatic carbocycles. The fraction of sp³-hybridized carbons (Fsp3) is 0.643. The summed E-state index contributed by atoms with van der Waals surface area (Å²) in [4.78, 5) is 31.7. The molecule has 1 aliphatic rings. The van der Waals surface area contributed by atoms with Gasteiger partial charge in [-0.05, 0) is 18.9 Å². The summed E-state index contributed by atoms with van der Waals surface area (Å²) in [6.45, 7) is 9.83. The van der Waals surface area contributed by atoms with Gasteiger partial charge in [0.15, 0.2) is 0 Å². The van der Waals surface area contributed by atoms with E-state index in [-0.39, 0.29) is 5.91 Å². The lowest BCUT2D eigenvalue weighted by Gasteiger charge is -2.36. The molecule has 0 saturated carbocycles. The van der Waals surface area contributed by atoms with Crippen molar-refractivity contribution < 1.29 is 14.3 Å². The maximum atomic E-state index is 12.9. The highest BCUT2D eigenvalue weighted by molar-refractivity contribution is 5.77. The quantitative estimate of drug-likeness (QED) is 0.344. The number of para-hydroxylation sites is 1. The van der Waals surface area contributed by atoms with Crippen LogP contribution in [0.3, 0.4) is 0 Å². The van der Waals surface area contributed by atoms with E-state index in [1.165, 1.54) is 0 Å². The van der Waals surface area contributed by atoms with Crippen molar-refractivity contribution in [3.05, 3.63) is 35.9 Å². The maximum absolute atomic E-state index is 12.9. The Kier molecular flexibility index (Phi) is 13.4. The highest BCUT2D eigenvalue weighted by Crippen LogP contribution is 2.18. The zero-order valence-corrected chi connectivity index (χ0v) is 21.6. The smallest absolute Gasteiger partial charge is 0.222 e. The van der Waals surface area contributed by atoms with Gasteiger partial charge in [-0.3, -0.25) is 14.5 Å². The molecule has 1 aliphatic heterocycles. The maximum Gasteiger partial charge on any atom is 0.222 e. The molecule has 0 aromatic heterocycles. The van der Waals surface area contributed by atoms with Crippen LogP contribution in [0.4, 0.5) is 0 Å². The standard InChI is InChI=1S/C28H45N3O3/c1-4-6-8-16-27(32)30(18-12-14-25-13-10-11-15-26(25)34-3)22-19-29-20-23-31(24-21-29)28(33)17-9-7-5-2/h10-15H,4-9,16-24H2,1-3H3/b14-12+. The summed E-state index contributed by atoms with van der Waals surface area (Å²) in [5.74, 6) is 1.35. The van der Waals surface area contributed by atoms with Crippen LogP contribution in [0, 0.1) is 0 Å². The van der Waals surface area contributed by atoms with Crippen LogP contribution in [0.15, 0.2) is 30.3 Å². The summed E-state index contributed by atoms with van der Waals surface area (Å²) >= 11 is 0. The molecule has 0 N–H and O–H groups in total. The first-order valence-electron chi connectivity index (χ1n) is 13.2. The molecule has 1 saturated heterocycles. The van der Waals surface area contributed by atoms with Crippen molar-refractivity contribution >= 4 is 17.9 Å². The summed E-state index contributed by atoms with van der Waals surface area (Å²) in [5.41, 5.74) is 1.02. The summed E-state index contributed by atoms with van der Waals surface area (Å²) < 4.78 is 5.43. The lowest BCUT2D eigenvalue weighted by molar-refractivity contribution is -0.133. The van der Waals surface area contributed by atoms with Gasteiger partial charge in [0.1, 0.15) is 5.75 Å². The molecule has 34 heavy (non-hydrogen) atoms. The Morgan fingerprint density at radius 2 is 1.65 bits per heavy atom. The molecular weight excluding hydrogens is 426 g/mol. The van der Waals surface area contributed by atoms with Crippen LogP contribution in [0.2, 0.25) is 0 Å². The van der Waals surface area contributed by atoms with E-state index in [0.29, 0.717) is 31.8 Å². The molecular formula is C28H45N3O3. The Hall–Kier alpha value is -2.34. The number of carbonyl (C=O) groups is 2. The first kappa shape index (κ1) is 27.9. The van der Waals surface area contributed by atoms with Gasteiger partial charge >= 0.3 is 0 Å². The molecule has 1 fully saturated rings. The molecule has 0 aliphatic carbocycles. The minimum Gasteiger partial charge on any atom is -0.496 e. The second kappa shape index (κ2) is 16.3. The van der Waals surface area contributed by atoms with Crippen LogP contribution in [-0.2, 0) is 9.59 Å². The van der Waals surface area contributed by atoms with Gasteiger partial charge in [0, 0.05) is 64.2 Å². The third-order valence-electron chi connectivity index (χ3n) is 6.51. The van der Waals surface area contributed by atoms with Crippen molar-refractivity contribution in [2.75, 3.05) is 52.9 Å². The van der Waals surface area contributed by atoms with Gasteiger partial charge in [0.2, 0.25) is 11.8 Å². The third kappa shape index (κ3) is 9.88. The predicted molar refractivity (Wildman–Crippen MR) is 140 cm³/mol. The van der Waals surface area contributed by atoms with Crippen LogP contribution >= 0.6 is 0 Å². The highest BCUT2D eigenvalue weighted by atomic mass is 16.5. The summed E-state index contributed by atoms with van der Waals surface area (Å²) in [6.07, 6.45) is 11.8. The SMILES string of the molecule is CCCCCC(=O)N(C/C=C/c1ccccc1OC)CCN1CCN(C(=O)CCCCC)CC1. The van der Waals surface area contributed by atoms with E-state index in [1.54, 1.807) is 7.11 Å². The van der Waals surface area contributed by atoms with Crippen LogP contribution in [0.5, 0.6) is 5.75 Å². The van der Waals surface area contributed by atoms with Gasteiger partial charge in [0.05, 0.1) is 7.11 Å². The van der Waals surface area contributed by atoms with E-state index in [4.69, 9.17) is 4.74 Å². The molecule has 0 radical (unpaired) electrons. The Morgan fingerprint density at radius 1 is 0.971 bits per heavy atom. The molecule has 2 amide bonds. The number of unbranched alkanes of at least 4 members (excludes halogenated alkanes) is 4. The van der Waals surface area contributed by atoms with Gasteiger partial charge in [-0.15, -0.1) is 0 Å². The highest BCUT2D eigenvalue weighted by Gasteiger charge is 2.21. The van der Waals surface area contributed by atoms with E-state index in [0.717, 1.165) is 82.6 Å². The number of piperazine rings is 1. The zero-order valence-electron chi connectivity index (χ0n) is 21.6. The van der Waals surface area contributed by atoms with Crippen molar-refractivity contribution in [1.82, 2.24) is 14.7 Å². The third-order valence-corrected chi connectivity index (χ3v) is 6.51. The molecule has 1 aromatic rings. The van der Waals surface area contributed by atoms with Gasteiger partial charge < -0.3 is 14.5 Å². The summed E-state index contributed by atoms with van der Waals surface area (Å²) in [6, 6.07) is 7.91. The molecule has 6 heteroatoms. The Labute approximate surface area is 206 Å². The zero-order chi connectivity index (χ0) is 24.6. The molecule has 0 spiro atoms. The lowest BCUT2D eigenvalue weighted by Crippen LogP contribution is -2.50. The van der Waals surface area contributed by atoms with E-state index >= 15 is 0 Å². The normalized spacial score (nSPS) is 14.5. The van der Waals surface area contributed by atoms with Gasteiger partial charge in [-0.1, -0.05) is 69.9 Å². The van der Waals surface area contributed by atoms with Crippen molar-refractivity contribution in [3.8, 4) is 5.75 Å². The van der Waals surface area contributed by atoms with E-state index < -0.39 is 0 Å². The fourth-order valence-electron chi connectivity index (χ4n) is 4.28. The second-order valence-corrected chi connectivity index (χ2v) is 9.12. The molecule has 0 bridgehead atoms. The molecule has 6 nitrogen and oxygen atoms in total. The van der Waals surface area contributed by atoms with Crippen LogP contribution < -0.4 is 4.74 Å². The van der Waals surface area contributed by atoms with Crippen molar-refractivity contribution in [3.63, 3.8) is 0 Å². The lowest BCUT2D eigenvalue weighted by atomic mass is 10.1. The van der Waals surface area contributed by atoms with Gasteiger partial charge in [0.25, 0.3) is 0 Å². The molecule has 1 heterocycles. The van der Waals surface area contributed by atoms with Crippen LogP contribution in [-0.4, -0.2) is 79.4 Å². The minimum atomic E-state index is 0.225. The Balaban J connectivity index is 1.86. The number of amides is 2. The average molecular weight is 472 g/mol. The molecule has 190 valence electrons. The van der Waals surface area contributed by atoms with E-state index in [9.17, 15) is 9.59 Å². The van der Waals surface area contributed by atoms with Crippen LogP contribution in [0.25, 0.3) is 6.08 Å². The molecule has 2 rings (SSSR count). The number of nitrogens with zero attached hydrogens (tertiary/aromatic N) is 3. The number of hydrogen-bond donors (Lipinski definition) is 0. The number of benzene rings is 1.